The Bertz CT molecular complexity index is 1550. The Morgan fingerprint density at radius 2 is 1.82 bits per heavy atom. The number of anilines is 3. The number of pyridine rings is 2. The topological polar surface area (TPSA) is 119 Å². The predicted molar refractivity (Wildman–Crippen MR) is 127 cm³/mol. The maximum absolute atomic E-state index is 12.8. The Kier molecular flexibility index (Phi) is 5.23. The van der Waals surface area contributed by atoms with Crippen LogP contribution in [0.15, 0.2) is 72.0 Å². The van der Waals surface area contributed by atoms with Crippen LogP contribution < -0.4 is 9.62 Å². The number of fused-ring (bicyclic) bond motifs is 1. The van der Waals surface area contributed by atoms with Gasteiger partial charge in [-0.15, -0.1) is 10.2 Å². The van der Waals surface area contributed by atoms with Gasteiger partial charge in [-0.2, -0.15) is 5.10 Å². The van der Waals surface area contributed by atoms with Crippen molar-refractivity contribution in [2.24, 2.45) is 7.05 Å². The lowest BCUT2D eigenvalue weighted by molar-refractivity contribution is 0.594. The third-order valence-corrected chi connectivity index (χ3v) is 7.69. The van der Waals surface area contributed by atoms with Crippen molar-refractivity contribution in [3.05, 3.63) is 67.1 Å². The SMILES string of the molecule is CN(c1nnc(Nc2ccc3ncc(-c4cnn(C)c4)cc3n2)s1)S(=O)(=O)c1ccccc1. The minimum Gasteiger partial charge on any atom is -0.315 e. The average molecular weight is 479 g/mol. The molecule has 0 spiro atoms. The first-order valence-electron chi connectivity index (χ1n) is 9.80. The summed E-state index contributed by atoms with van der Waals surface area (Å²) in [5.74, 6) is 0.545. The molecule has 33 heavy (non-hydrogen) atoms. The van der Waals surface area contributed by atoms with E-state index in [-0.39, 0.29) is 10.0 Å². The van der Waals surface area contributed by atoms with Gasteiger partial charge in [0.1, 0.15) is 5.82 Å². The molecule has 0 saturated carbocycles. The fourth-order valence-corrected chi connectivity index (χ4v) is 5.25. The van der Waals surface area contributed by atoms with Crippen LogP contribution in [-0.4, -0.2) is 45.4 Å². The third-order valence-electron chi connectivity index (χ3n) is 4.90. The Balaban J connectivity index is 1.39. The molecule has 0 fully saturated rings. The van der Waals surface area contributed by atoms with Gasteiger partial charge in [-0.3, -0.25) is 9.67 Å². The molecule has 0 aliphatic rings. The van der Waals surface area contributed by atoms with Crippen molar-refractivity contribution in [2.45, 2.75) is 4.90 Å². The second-order valence-corrected chi connectivity index (χ2v) is 10.1. The van der Waals surface area contributed by atoms with E-state index in [4.69, 9.17) is 0 Å². The van der Waals surface area contributed by atoms with Crippen molar-refractivity contribution < 1.29 is 8.42 Å². The fraction of sp³-hybridized carbons (Fsp3) is 0.0952. The molecule has 0 saturated heterocycles. The molecule has 0 amide bonds. The summed E-state index contributed by atoms with van der Waals surface area (Å²) in [4.78, 5) is 9.28. The maximum Gasteiger partial charge on any atom is 0.265 e. The number of aryl methyl sites for hydroxylation is 1. The summed E-state index contributed by atoms with van der Waals surface area (Å²) in [6, 6.07) is 13.8. The van der Waals surface area contributed by atoms with Gasteiger partial charge in [0.15, 0.2) is 0 Å². The molecule has 166 valence electrons. The Morgan fingerprint density at radius 3 is 2.58 bits per heavy atom. The molecule has 12 heteroatoms. The van der Waals surface area contributed by atoms with Gasteiger partial charge in [0.05, 0.1) is 22.1 Å². The molecule has 0 aliphatic carbocycles. The van der Waals surface area contributed by atoms with E-state index in [1.165, 1.54) is 7.05 Å². The van der Waals surface area contributed by atoms with Gasteiger partial charge in [-0.1, -0.05) is 29.5 Å². The molecule has 0 bridgehead atoms. The van der Waals surface area contributed by atoms with E-state index in [9.17, 15) is 8.42 Å². The summed E-state index contributed by atoms with van der Waals surface area (Å²) in [6.45, 7) is 0. The number of benzene rings is 1. The van der Waals surface area contributed by atoms with Crippen LogP contribution in [0.5, 0.6) is 0 Å². The van der Waals surface area contributed by atoms with Gasteiger partial charge in [0.2, 0.25) is 10.3 Å². The van der Waals surface area contributed by atoms with Gasteiger partial charge >= 0.3 is 0 Å². The van der Waals surface area contributed by atoms with E-state index in [0.29, 0.717) is 16.5 Å². The average Bonchev–Trinajstić information content (AvgIpc) is 3.48. The van der Waals surface area contributed by atoms with Gasteiger partial charge in [-0.05, 0) is 30.3 Å². The van der Waals surface area contributed by atoms with Crippen LogP contribution in [0.2, 0.25) is 0 Å². The lowest BCUT2D eigenvalue weighted by Crippen LogP contribution is -2.26. The highest BCUT2D eigenvalue weighted by molar-refractivity contribution is 7.93. The summed E-state index contributed by atoms with van der Waals surface area (Å²) in [7, 11) is -0.418. The van der Waals surface area contributed by atoms with Crippen molar-refractivity contribution in [2.75, 3.05) is 16.7 Å². The molecule has 10 nitrogen and oxygen atoms in total. The largest absolute Gasteiger partial charge is 0.315 e. The Hall–Kier alpha value is -3.90. The molecule has 1 aromatic carbocycles. The van der Waals surface area contributed by atoms with Crippen LogP contribution in [0.4, 0.5) is 16.1 Å². The second-order valence-electron chi connectivity index (χ2n) is 7.16. The van der Waals surface area contributed by atoms with Crippen LogP contribution in [0.25, 0.3) is 22.2 Å². The van der Waals surface area contributed by atoms with E-state index in [1.54, 1.807) is 53.5 Å². The molecular formula is C21H18N8O2S2. The molecule has 0 radical (unpaired) electrons. The first kappa shape index (κ1) is 21.0. The molecule has 5 aromatic rings. The quantitative estimate of drug-likeness (QED) is 0.394. The zero-order chi connectivity index (χ0) is 23.0. The number of nitrogens with one attached hydrogen (secondary N) is 1. The van der Waals surface area contributed by atoms with Gasteiger partial charge in [0, 0.05) is 37.6 Å². The predicted octanol–water partition coefficient (Wildman–Crippen LogP) is 3.45. The van der Waals surface area contributed by atoms with E-state index in [1.807, 2.05) is 25.4 Å². The first-order valence-corrected chi connectivity index (χ1v) is 12.1. The van der Waals surface area contributed by atoms with Crippen LogP contribution in [-0.2, 0) is 17.1 Å². The maximum atomic E-state index is 12.8. The van der Waals surface area contributed by atoms with Crippen molar-refractivity contribution >= 4 is 48.5 Å². The van der Waals surface area contributed by atoms with Crippen LogP contribution in [0.1, 0.15) is 0 Å². The molecule has 4 heterocycles. The second kappa shape index (κ2) is 8.22. The first-order chi connectivity index (χ1) is 15.9. The van der Waals surface area contributed by atoms with Crippen molar-refractivity contribution in [3.63, 3.8) is 0 Å². The lowest BCUT2D eigenvalue weighted by Gasteiger charge is -2.15. The van der Waals surface area contributed by atoms with E-state index in [2.05, 4.69) is 30.6 Å². The van der Waals surface area contributed by atoms with Gasteiger partial charge < -0.3 is 5.32 Å². The molecule has 0 aliphatic heterocycles. The third kappa shape index (κ3) is 4.13. The zero-order valence-corrected chi connectivity index (χ0v) is 19.2. The summed E-state index contributed by atoms with van der Waals surface area (Å²) in [5, 5.41) is 16.0. The Labute approximate surface area is 193 Å². The van der Waals surface area contributed by atoms with Crippen LogP contribution >= 0.6 is 11.3 Å². The Morgan fingerprint density at radius 1 is 1.00 bits per heavy atom. The minimum absolute atomic E-state index is 0.185. The van der Waals surface area contributed by atoms with Crippen LogP contribution in [0.3, 0.4) is 0 Å². The summed E-state index contributed by atoms with van der Waals surface area (Å²) in [6.07, 6.45) is 5.47. The molecule has 1 N–H and O–H groups in total. The van der Waals surface area contributed by atoms with Gasteiger partial charge in [0.25, 0.3) is 10.0 Å². The lowest BCUT2D eigenvalue weighted by atomic mass is 10.1. The molecule has 0 atom stereocenters. The number of hydrogen-bond donors (Lipinski definition) is 1. The molecular weight excluding hydrogens is 460 g/mol. The minimum atomic E-state index is -3.73. The standard InChI is InChI=1S/C21H18N8O2S2/c1-28-13-15(12-23-28)14-10-18-17(22-11-14)8-9-19(24-18)25-20-26-27-21(32-20)29(2)33(30,31)16-6-4-3-5-7-16/h3-13H,1-2H3,(H,24,25,26). The van der Waals surface area contributed by atoms with Crippen LogP contribution in [0, 0.1) is 0 Å². The molecule has 5 rings (SSSR count). The fourth-order valence-electron chi connectivity index (χ4n) is 3.16. The van der Waals surface area contributed by atoms with Crippen molar-refractivity contribution in [3.8, 4) is 11.1 Å². The molecule has 0 unspecified atom stereocenters. The van der Waals surface area contributed by atoms with E-state index in [0.717, 1.165) is 32.3 Å². The van der Waals surface area contributed by atoms with E-state index < -0.39 is 10.0 Å². The number of nitrogens with zero attached hydrogens (tertiary/aromatic N) is 7. The zero-order valence-electron chi connectivity index (χ0n) is 17.6. The summed E-state index contributed by atoms with van der Waals surface area (Å²) < 4.78 is 28.5. The summed E-state index contributed by atoms with van der Waals surface area (Å²) in [5.41, 5.74) is 3.31. The number of rotatable bonds is 6. The highest BCUT2D eigenvalue weighted by Crippen LogP contribution is 2.30. The highest BCUT2D eigenvalue weighted by atomic mass is 32.2. The highest BCUT2D eigenvalue weighted by Gasteiger charge is 2.24. The summed E-state index contributed by atoms with van der Waals surface area (Å²) >= 11 is 1.11. The monoisotopic (exact) mass is 478 g/mol. The smallest absolute Gasteiger partial charge is 0.265 e. The normalized spacial score (nSPS) is 11.6. The number of hydrogen-bond acceptors (Lipinski definition) is 9. The number of aromatic nitrogens is 6. The van der Waals surface area contributed by atoms with Crippen molar-refractivity contribution in [1.29, 1.82) is 0 Å². The van der Waals surface area contributed by atoms with Crippen molar-refractivity contribution in [1.82, 2.24) is 29.9 Å². The molecule has 4 aromatic heterocycles. The van der Waals surface area contributed by atoms with Gasteiger partial charge in [-0.25, -0.2) is 17.7 Å². The van der Waals surface area contributed by atoms with E-state index >= 15 is 0 Å². The number of sulfonamides is 1.